The highest BCUT2D eigenvalue weighted by Crippen LogP contribution is 2.36. The summed E-state index contributed by atoms with van der Waals surface area (Å²) in [7, 11) is 0. The van der Waals surface area contributed by atoms with Gasteiger partial charge in [-0.15, -0.1) is 0 Å². The van der Waals surface area contributed by atoms with E-state index >= 15 is 0 Å². The molecule has 2 N–H and O–H groups in total. The van der Waals surface area contributed by atoms with Gasteiger partial charge in [0.15, 0.2) is 0 Å². The van der Waals surface area contributed by atoms with Crippen LogP contribution in [0.15, 0.2) is 54.6 Å². The first kappa shape index (κ1) is 19.0. The van der Waals surface area contributed by atoms with Gasteiger partial charge in [0.05, 0.1) is 5.56 Å². The molecule has 0 heterocycles. The predicted molar refractivity (Wildman–Crippen MR) is 73.7 cm³/mol. The van der Waals surface area contributed by atoms with Gasteiger partial charge in [-0.2, -0.15) is 13.2 Å². The lowest BCUT2D eigenvalue weighted by Gasteiger charge is -2.12. The van der Waals surface area contributed by atoms with Crippen LogP contribution in [0, 0.1) is 10.8 Å². The second kappa shape index (κ2) is 9.83. The lowest BCUT2D eigenvalue weighted by Crippen LogP contribution is -2.06. The van der Waals surface area contributed by atoms with Gasteiger partial charge in [-0.1, -0.05) is 48.5 Å². The fourth-order valence-electron chi connectivity index (χ4n) is 1.60. The number of alkyl halides is 3. The Morgan fingerprint density at radius 2 is 1.18 bits per heavy atom. The highest BCUT2D eigenvalue weighted by atomic mass is 19.4. The zero-order valence-corrected chi connectivity index (χ0v) is 11.1. The van der Waals surface area contributed by atoms with Crippen LogP contribution in [0.4, 0.5) is 13.2 Å². The van der Waals surface area contributed by atoms with Gasteiger partial charge < -0.3 is 0 Å². The van der Waals surface area contributed by atoms with Crippen LogP contribution < -0.4 is 0 Å². The fraction of sp³-hybridized carbons (Fsp3) is 0.0667. The number of rotatable bonds is 1. The van der Waals surface area contributed by atoms with Gasteiger partial charge in [-0.05, 0) is 17.2 Å². The van der Waals surface area contributed by atoms with Gasteiger partial charge >= 0.3 is 6.18 Å². The lowest BCUT2D eigenvalue weighted by molar-refractivity contribution is -0.137. The Bertz CT molecular complexity index is 631. The molecule has 0 radical (unpaired) electrons. The van der Waals surface area contributed by atoms with Gasteiger partial charge in [-0.25, -0.2) is 20.4 Å². The van der Waals surface area contributed by atoms with E-state index in [1.165, 1.54) is 12.1 Å². The van der Waals surface area contributed by atoms with Gasteiger partial charge in [0.2, 0.25) is 12.2 Å². The third-order valence-electron chi connectivity index (χ3n) is 2.32. The van der Waals surface area contributed by atoms with Crippen LogP contribution in [0.3, 0.4) is 0 Å². The smallest absolute Gasteiger partial charge is 0.222 e. The van der Waals surface area contributed by atoms with E-state index in [0.717, 1.165) is 18.2 Å². The van der Waals surface area contributed by atoms with Crippen LogP contribution in [0.2, 0.25) is 0 Å². The summed E-state index contributed by atoms with van der Waals surface area (Å²) in [4.78, 5) is 16.7. The van der Waals surface area contributed by atoms with E-state index in [4.69, 9.17) is 20.4 Å². The molecule has 0 aliphatic rings. The predicted octanol–water partition coefficient (Wildman–Crippen LogP) is 4.17. The molecule has 0 bridgehead atoms. The zero-order chi connectivity index (χ0) is 17.0. The van der Waals surface area contributed by atoms with E-state index in [0.29, 0.717) is 5.56 Å². The minimum absolute atomic E-state index is 0.218. The summed E-state index contributed by atoms with van der Waals surface area (Å²) in [5.74, 6) is 0. The Hall–Kier alpha value is -3.01. The highest BCUT2D eigenvalue weighted by Gasteiger charge is 2.33. The molecule has 2 aromatic rings. The first-order valence-electron chi connectivity index (χ1n) is 5.71. The Kier molecular flexibility index (Phi) is 8.48. The Balaban J connectivity index is 0.000000639. The number of benzene rings is 2. The van der Waals surface area contributed by atoms with Crippen molar-refractivity contribution in [3.05, 3.63) is 60.2 Å². The summed E-state index contributed by atoms with van der Waals surface area (Å²) in [5, 5.41) is 10.8. The second-order valence-electron chi connectivity index (χ2n) is 3.61. The van der Waals surface area contributed by atoms with Crippen molar-refractivity contribution in [2.24, 2.45) is 0 Å². The lowest BCUT2D eigenvalue weighted by atomic mass is 9.99. The van der Waals surface area contributed by atoms with Crippen molar-refractivity contribution in [2.75, 3.05) is 0 Å². The average molecular weight is 308 g/mol. The van der Waals surface area contributed by atoms with Crippen LogP contribution in [-0.4, -0.2) is 12.2 Å². The molecule has 0 fully saturated rings. The summed E-state index contributed by atoms with van der Waals surface area (Å²) in [6.45, 7) is 0. The van der Waals surface area contributed by atoms with Crippen molar-refractivity contribution >= 4 is 12.2 Å². The van der Waals surface area contributed by atoms with Crippen LogP contribution in [-0.2, 0) is 15.8 Å². The third-order valence-corrected chi connectivity index (χ3v) is 2.32. The number of hydrogen-bond donors (Lipinski definition) is 2. The van der Waals surface area contributed by atoms with Crippen molar-refractivity contribution in [2.45, 2.75) is 6.18 Å². The first-order chi connectivity index (χ1) is 10.4. The summed E-state index contributed by atoms with van der Waals surface area (Å²) < 4.78 is 38.2. The molecule has 2 rings (SSSR count). The summed E-state index contributed by atoms with van der Waals surface area (Å²) >= 11 is 0. The highest BCUT2D eigenvalue weighted by molar-refractivity contribution is 5.67. The molecular weight excluding hydrogens is 297 g/mol. The van der Waals surface area contributed by atoms with Crippen LogP contribution in [0.5, 0.6) is 0 Å². The molecular formula is C15H11F3N2O2. The Labute approximate surface area is 124 Å². The minimum atomic E-state index is -4.31. The van der Waals surface area contributed by atoms with Crippen LogP contribution in [0.25, 0.3) is 11.1 Å². The van der Waals surface area contributed by atoms with E-state index < -0.39 is 11.7 Å². The number of nitrogens with one attached hydrogen (secondary N) is 2. The standard InChI is InChI=1S/C13H9F3.2CHNO/c14-13(15,16)12-9-5-4-8-11(12)10-6-2-1-3-7-10;2*2-1-3/h1-9H;2*2H. The summed E-state index contributed by atoms with van der Waals surface area (Å²) in [5.41, 5.74) is 0.201. The van der Waals surface area contributed by atoms with Gasteiger partial charge in [-0.3, -0.25) is 0 Å². The molecule has 0 aromatic heterocycles. The molecule has 0 atom stereocenters. The topological polar surface area (TPSA) is 81.8 Å². The second-order valence-corrected chi connectivity index (χ2v) is 3.61. The van der Waals surface area contributed by atoms with Gasteiger partial charge in [0, 0.05) is 0 Å². The molecule has 0 saturated heterocycles. The molecule has 0 aliphatic carbocycles. The van der Waals surface area contributed by atoms with Gasteiger partial charge in [0.1, 0.15) is 0 Å². The van der Waals surface area contributed by atoms with Gasteiger partial charge in [0.25, 0.3) is 0 Å². The summed E-state index contributed by atoms with van der Waals surface area (Å²) in [6.07, 6.45) is -2.81. The van der Waals surface area contributed by atoms with Crippen molar-refractivity contribution < 1.29 is 22.8 Å². The van der Waals surface area contributed by atoms with E-state index in [1.807, 2.05) is 0 Å². The SMILES string of the molecule is FC(F)(F)c1ccccc1-c1ccccc1.N=C=O.N=C=O. The Morgan fingerprint density at radius 3 is 1.64 bits per heavy atom. The van der Waals surface area contributed by atoms with E-state index in [1.54, 1.807) is 36.4 Å². The molecule has 22 heavy (non-hydrogen) atoms. The minimum Gasteiger partial charge on any atom is -0.222 e. The van der Waals surface area contributed by atoms with E-state index in [9.17, 15) is 13.2 Å². The molecule has 0 spiro atoms. The maximum atomic E-state index is 12.7. The number of isocyanates is 2. The molecule has 2 aromatic carbocycles. The largest absolute Gasteiger partial charge is 0.417 e. The van der Waals surface area contributed by atoms with Crippen LogP contribution in [0.1, 0.15) is 5.56 Å². The van der Waals surface area contributed by atoms with Crippen LogP contribution >= 0.6 is 0 Å². The molecule has 0 unspecified atom stereocenters. The maximum Gasteiger partial charge on any atom is 0.417 e. The van der Waals surface area contributed by atoms with Crippen molar-refractivity contribution in [3.8, 4) is 11.1 Å². The first-order valence-corrected chi connectivity index (χ1v) is 5.71. The zero-order valence-electron chi connectivity index (χ0n) is 11.1. The molecule has 0 aliphatic heterocycles. The number of carbonyl (C=O) groups excluding carboxylic acids is 2. The molecule has 0 saturated carbocycles. The monoisotopic (exact) mass is 308 g/mol. The normalized spacial score (nSPS) is 9.05. The maximum absolute atomic E-state index is 12.7. The molecule has 7 heteroatoms. The average Bonchev–Trinajstić information content (AvgIpc) is 2.49. The Morgan fingerprint density at radius 1 is 0.773 bits per heavy atom. The number of halogens is 3. The quantitative estimate of drug-likeness (QED) is 0.612. The fourth-order valence-corrected chi connectivity index (χ4v) is 1.60. The third kappa shape index (κ3) is 6.43. The van der Waals surface area contributed by atoms with Crippen molar-refractivity contribution in [1.82, 2.24) is 0 Å². The number of hydrogen-bond acceptors (Lipinski definition) is 4. The summed E-state index contributed by atoms with van der Waals surface area (Å²) in [6, 6.07) is 14.2. The van der Waals surface area contributed by atoms with Crippen molar-refractivity contribution in [3.63, 3.8) is 0 Å². The van der Waals surface area contributed by atoms with E-state index in [-0.39, 0.29) is 5.56 Å². The molecule has 114 valence electrons. The van der Waals surface area contributed by atoms with Crippen molar-refractivity contribution in [1.29, 1.82) is 10.8 Å². The molecule has 4 nitrogen and oxygen atoms in total. The van der Waals surface area contributed by atoms with E-state index in [2.05, 4.69) is 0 Å². The molecule has 0 amide bonds.